The molecule has 1 aliphatic heterocycles. The number of alkyl halides is 4. The van der Waals surface area contributed by atoms with Gasteiger partial charge in [0.2, 0.25) is 5.95 Å². The third-order valence-electron chi connectivity index (χ3n) is 4.82. The van der Waals surface area contributed by atoms with Crippen LogP contribution in [0.3, 0.4) is 0 Å². The highest BCUT2D eigenvalue weighted by Gasteiger charge is 2.45. The topological polar surface area (TPSA) is 83.3 Å². The van der Waals surface area contributed by atoms with E-state index in [9.17, 15) is 26.7 Å². The van der Waals surface area contributed by atoms with Gasteiger partial charge in [0.05, 0.1) is 31.2 Å². The summed E-state index contributed by atoms with van der Waals surface area (Å²) in [5.74, 6) is -0.924. The SMILES string of the molecule is Cc1c([C@H](NC(=O)Nc2cnc(N3CC(F)C3)nc2)C(F)(F)F)oc2ccc(F)cc12. The fourth-order valence-corrected chi connectivity index (χ4v) is 3.22. The van der Waals surface area contributed by atoms with Gasteiger partial charge >= 0.3 is 12.2 Å². The Labute approximate surface area is 172 Å². The molecule has 0 bridgehead atoms. The van der Waals surface area contributed by atoms with E-state index < -0.39 is 36.0 Å². The number of fused-ring (bicyclic) bond motifs is 1. The average Bonchev–Trinajstić information content (AvgIpc) is 2.99. The van der Waals surface area contributed by atoms with Crippen molar-refractivity contribution < 1.29 is 31.2 Å². The zero-order valence-electron chi connectivity index (χ0n) is 16.0. The van der Waals surface area contributed by atoms with Crippen molar-refractivity contribution in [3.05, 3.63) is 47.7 Å². The predicted molar refractivity (Wildman–Crippen MR) is 101 cm³/mol. The molecule has 31 heavy (non-hydrogen) atoms. The Morgan fingerprint density at radius 3 is 2.55 bits per heavy atom. The number of rotatable bonds is 4. The molecule has 1 saturated heterocycles. The van der Waals surface area contributed by atoms with Gasteiger partial charge in [-0.3, -0.25) is 0 Å². The van der Waals surface area contributed by atoms with Crippen LogP contribution in [0.2, 0.25) is 0 Å². The summed E-state index contributed by atoms with van der Waals surface area (Å²) in [6, 6.07) is -0.289. The molecule has 0 aliphatic carbocycles. The fraction of sp³-hybridized carbons (Fsp3) is 0.316. The smallest absolute Gasteiger partial charge is 0.416 e. The lowest BCUT2D eigenvalue weighted by Gasteiger charge is -2.34. The van der Waals surface area contributed by atoms with Crippen LogP contribution in [0.5, 0.6) is 0 Å². The molecule has 0 spiro atoms. The highest BCUT2D eigenvalue weighted by Crippen LogP contribution is 2.38. The molecule has 1 fully saturated rings. The van der Waals surface area contributed by atoms with Gasteiger partial charge in [-0.1, -0.05) is 0 Å². The zero-order valence-corrected chi connectivity index (χ0v) is 16.0. The molecule has 2 amide bonds. The minimum Gasteiger partial charge on any atom is -0.458 e. The Morgan fingerprint density at radius 2 is 1.94 bits per heavy atom. The average molecular weight is 441 g/mol. The Hall–Kier alpha value is -3.44. The van der Waals surface area contributed by atoms with Crippen LogP contribution < -0.4 is 15.5 Å². The number of carbonyl (C=O) groups is 1. The van der Waals surface area contributed by atoms with Crippen LogP contribution >= 0.6 is 0 Å². The van der Waals surface area contributed by atoms with E-state index in [2.05, 4.69) is 15.3 Å². The van der Waals surface area contributed by atoms with Gasteiger partial charge in [0.1, 0.15) is 23.3 Å². The van der Waals surface area contributed by atoms with Crippen molar-refractivity contribution in [1.82, 2.24) is 15.3 Å². The molecule has 12 heteroatoms. The Bertz CT molecular complexity index is 1110. The summed E-state index contributed by atoms with van der Waals surface area (Å²) in [6.45, 7) is 1.66. The first-order valence-corrected chi connectivity index (χ1v) is 9.15. The molecule has 0 unspecified atom stereocenters. The number of nitrogens with one attached hydrogen (secondary N) is 2. The van der Waals surface area contributed by atoms with Crippen LogP contribution in [0.25, 0.3) is 11.0 Å². The number of carbonyl (C=O) groups excluding carboxylic acids is 1. The maximum atomic E-state index is 13.7. The summed E-state index contributed by atoms with van der Waals surface area (Å²) in [4.78, 5) is 21.7. The number of hydrogen-bond acceptors (Lipinski definition) is 5. The third kappa shape index (κ3) is 4.23. The van der Waals surface area contributed by atoms with Crippen LogP contribution in [0.1, 0.15) is 17.4 Å². The number of nitrogens with zero attached hydrogens (tertiary/aromatic N) is 3. The Balaban J connectivity index is 1.51. The lowest BCUT2D eigenvalue weighted by molar-refractivity contribution is -0.158. The number of amides is 2. The third-order valence-corrected chi connectivity index (χ3v) is 4.82. The van der Waals surface area contributed by atoms with E-state index in [4.69, 9.17) is 4.42 Å². The van der Waals surface area contributed by atoms with Crippen molar-refractivity contribution in [3.8, 4) is 0 Å². The Kier molecular flexibility index (Phi) is 5.15. The number of benzene rings is 1. The standard InChI is InChI=1S/C19H16F5N5O2/c1-9-13-4-10(20)2-3-14(13)31-15(9)16(19(22,23)24)28-18(30)27-12-5-25-17(26-6-12)29-7-11(21)8-29/h2-6,11,16H,7-8H2,1H3,(H2,27,28,30)/t16-/m0/s1. The van der Waals surface area contributed by atoms with Gasteiger partial charge in [0, 0.05) is 10.9 Å². The van der Waals surface area contributed by atoms with E-state index in [-0.39, 0.29) is 41.3 Å². The van der Waals surface area contributed by atoms with Gasteiger partial charge < -0.3 is 20.0 Å². The summed E-state index contributed by atoms with van der Waals surface area (Å²) in [7, 11) is 0. The molecule has 0 saturated carbocycles. The van der Waals surface area contributed by atoms with Crippen LogP contribution in [0, 0.1) is 12.7 Å². The first kappa shape index (κ1) is 20.8. The van der Waals surface area contributed by atoms with Crippen LogP contribution in [0.4, 0.5) is 38.4 Å². The van der Waals surface area contributed by atoms with E-state index in [1.165, 1.54) is 25.4 Å². The molecular weight excluding hydrogens is 425 g/mol. The number of aryl methyl sites for hydroxylation is 1. The lowest BCUT2D eigenvalue weighted by Crippen LogP contribution is -2.49. The van der Waals surface area contributed by atoms with Gasteiger partial charge in [-0.15, -0.1) is 0 Å². The second kappa shape index (κ2) is 7.67. The maximum Gasteiger partial charge on any atom is 0.416 e. The van der Waals surface area contributed by atoms with Crippen molar-refractivity contribution in [2.75, 3.05) is 23.3 Å². The van der Waals surface area contributed by atoms with Crippen LogP contribution in [-0.4, -0.2) is 41.4 Å². The lowest BCUT2D eigenvalue weighted by atomic mass is 10.1. The van der Waals surface area contributed by atoms with E-state index in [0.717, 1.165) is 12.1 Å². The molecule has 2 aromatic heterocycles. The molecule has 1 aliphatic rings. The van der Waals surface area contributed by atoms with Crippen LogP contribution in [0.15, 0.2) is 35.0 Å². The molecule has 1 atom stereocenters. The highest BCUT2D eigenvalue weighted by atomic mass is 19.4. The summed E-state index contributed by atoms with van der Waals surface area (Å²) in [5, 5.41) is 4.22. The second-order valence-corrected chi connectivity index (χ2v) is 7.08. The quantitative estimate of drug-likeness (QED) is 0.592. The van der Waals surface area contributed by atoms with Gasteiger partial charge in [-0.2, -0.15) is 13.2 Å². The minimum atomic E-state index is -4.88. The highest BCUT2D eigenvalue weighted by molar-refractivity contribution is 5.89. The molecular formula is C19H16F5N5O2. The molecule has 1 aromatic carbocycles. The van der Waals surface area contributed by atoms with Gasteiger partial charge in [0.25, 0.3) is 0 Å². The summed E-state index contributed by atoms with van der Waals surface area (Å²) >= 11 is 0. The van der Waals surface area contributed by atoms with Gasteiger partial charge in [-0.25, -0.2) is 23.5 Å². The van der Waals surface area contributed by atoms with Crippen molar-refractivity contribution in [1.29, 1.82) is 0 Å². The number of furan rings is 1. The predicted octanol–water partition coefficient (Wildman–Crippen LogP) is 4.25. The second-order valence-electron chi connectivity index (χ2n) is 7.08. The van der Waals surface area contributed by atoms with Gasteiger partial charge in [0.15, 0.2) is 6.04 Å². The van der Waals surface area contributed by atoms with Gasteiger partial charge in [-0.05, 0) is 25.1 Å². The summed E-state index contributed by atoms with van der Waals surface area (Å²) in [6.07, 6.45) is -3.43. The Morgan fingerprint density at radius 1 is 1.26 bits per heavy atom. The fourth-order valence-electron chi connectivity index (χ4n) is 3.22. The number of urea groups is 1. The van der Waals surface area contributed by atoms with E-state index in [1.54, 1.807) is 4.90 Å². The number of aromatic nitrogens is 2. The molecule has 4 rings (SSSR count). The molecule has 164 valence electrons. The number of hydrogen-bond donors (Lipinski definition) is 2. The molecule has 2 N–H and O–H groups in total. The van der Waals surface area contributed by atoms with Crippen molar-refractivity contribution in [2.24, 2.45) is 0 Å². The minimum absolute atomic E-state index is 0.0443. The van der Waals surface area contributed by atoms with E-state index >= 15 is 0 Å². The summed E-state index contributed by atoms with van der Waals surface area (Å²) in [5.41, 5.74) is 0.171. The first-order chi connectivity index (χ1) is 14.6. The van der Waals surface area contributed by atoms with Crippen LogP contribution in [-0.2, 0) is 0 Å². The summed E-state index contributed by atoms with van der Waals surface area (Å²) < 4.78 is 72.7. The van der Waals surface area contributed by atoms with Crippen molar-refractivity contribution in [2.45, 2.75) is 25.3 Å². The number of halogens is 5. The van der Waals surface area contributed by atoms with E-state index in [0.29, 0.717) is 0 Å². The molecule has 3 aromatic rings. The molecule has 3 heterocycles. The molecule has 0 radical (unpaired) electrons. The normalized spacial score (nSPS) is 15.6. The van der Waals surface area contributed by atoms with Crippen molar-refractivity contribution in [3.63, 3.8) is 0 Å². The van der Waals surface area contributed by atoms with E-state index in [1.807, 2.05) is 5.32 Å². The first-order valence-electron chi connectivity index (χ1n) is 9.15. The number of anilines is 2. The van der Waals surface area contributed by atoms with Crippen molar-refractivity contribution >= 4 is 28.6 Å². The largest absolute Gasteiger partial charge is 0.458 e. The zero-order chi connectivity index (χ0) is 22.3. The molecule has 7 nitrogen and oxygen atoms in total. The monoisotopic (exact) mass is 441 g/mol. The maximum absolute atomic E-state index is 13.7.